The molecule has 7 heteroatoms. The summed E-state index contributed by atoms with van der Waals surface area (Å²) in [5.41, 5.74) is 2.83. The molecule has 22 heavy (non-hydrogen) atoms. The van der Waals surface area contributed by atoms with Crippen molar-refractivity contribution >= 4 is 18.0 Å². The van der Waals surface area contributed by atoms with E-state index in [0.29, 0.717) is 30.2 Å². The largest absolute Gasteiger partial charge is 0.497 e. The number of methoxy groups -OCH3 is 2. The summed E-state index contributed by atoms with van der Waals surface area (Å²) in [4.78, 5) is 24.9. The molecule has 1 aromatic rings. The third-order valence-electron chi connectivity index (χ3n) is 3.05. The molecule has 2 amide bonds. The van der Waals surface area contributed by atoms with Crippen LogP contribution in [0.2, 0.25) is 0 Å². The van der Waals surface area contributed by atoms with E-state index in [9.17, 15) is 9.59 Å². The molecule has 120 valence electrons. The Morgan fingerprint density at radius 2 is 1.91 bits per heavy atom. The van der Waals surface area contributed by atoms with Gasteiger partial charge in [0.25, 0.3) is 0 Å². The van der Waals surface area contributed by atoms with Gasteiger partial charge in [-0.3, -0.25) is 9.59 Å². The number of carbonyl (C=O) groups is 2. The minimum Gasteiger partial charge on any atom is -0.497 e. The van der Waals surface area contributed by atoms with Crippen LogP contribution in [0.4, 0.5) is 0 Å². The van der Waals surface area contributed by atoms with Crippen LogP contribution in [0.3, 0.4) is 0 Å². The highest BCUT2D eigenvalue weighted by molar-refractivity contribution is 6.34. The van der Waals surface area contributed by atoms with Crippen LogP contribution in [0.25, 0.3) is 0 Å². The predicted molar refractivity (Wildman–Crippen MR) is 83.2 cm³/mol. The van der Waals surface area contributed by atoms with Crippen LogP contribution in [0.5, 0.6) is 11.5 Å². The Kier molecular flexibility index (Phi) is 6.88. The SMILES string of the molecule is CCN(CC)C(=O)C(=O)N/N=C\c1cc(OC)ccc1OC. The van der Waals surface area contributed by atoms with Gasteiger partial charge in [0.05, 0.1) is 20.4 Å². The Labute approximate surface area is 129 Å². The molecule has 0 atom stereocenters. The van der Waals surface area contributed by atoms with E-state index in [1.54, 1.807) is 39.2 Å². The summed E-state index contributed by atoms with van der Waals surface area (Å²) in [6.45, 7) is 4.55. The number of hydrogen-bond acceptors (Lipinski definition) is 5. The fourth-order valence-electron chi connectivity index (χ4n) is 1.80. The first kappa shape index (κ1) is 17.5. The average Bonchev–Trinajstić information content (AvgIpc) is 2.55. The Morgan fingerprint density at radius 1 is 1.23 bits per heavy atom. The van der Waals surface area contributed by atoms with E-state index in [1.807, 2.05) is 0 Å². The number of likely N-dealkylation sites (N-methyl/N-ethyl adjacent to an activating group) is 1. The van der Waals surface area contributed by atoms with Gasteiger partial charge in [-0.1, -0.05) is 0 Å². The van der Waals surface area contributed by atoms with Gasteiger partial charge >= 0.3 is 11.8 Å². The highest BCUT2D eigenvalue weighted by Crippen LogP contribution is 2.22. The topological polar surface area (TPSA) is 80.2 Å². The second-order valence-electron chi connectivity index (χ2n) is 4.28. The predicted octanol–water partition coefficient (Wildman–Crippen LogP) is 1.02. The molecule has 0 unspecified atom stereocenters. The summed E-state index contributed by atoms with van der Waals surface area (Å²) >= 11 is 0. The van der Waals surface area contributed by atoms with E-state index in [4.69, 9.17) is 9.47 Å². The Morgan fingerprint density at radius 3 is 2.45 bits per heavy atom. The molecule has 0 heterocycles. The number of rotatable bonds is 6. The van der Waals surface area contributed by atoms with Gasteiger partial charge in [-0.15, -0.1) is 0 Å². The molecule has 1 aromatic carbocycles. The van der Waals surface area contributed by atoms with Gasteiger partial charge in [0.2, 0.25) is 0 Å². The van der Waals surface area contributed by atoms with Crippen LogP contribution >= 0.6 is 0 Å². The van der Waals surface area contributed by atoms with Crippen molar-refractivity contribution in [1.82, 2.24) is 10.3 Å². The molecule has 0 fully saturated rings. The van der Waals surface area contributed by atoms with Gasteiger partial charge < -0.3 is 14.4 Å². The summed E-state index contributed by atoms with van der Waals surface area (Å²) < 4.78 is 10.3. The zero-order chi connectivity index (χ0) is 16.5. The number of benzene rings is 1. The molecule has 0 radical (unpaired) electrons. The Bertz CT molecular complexity index is 554. The van der Waals surface area contributed by atoms with Crippen molar-refractivity contribution in [2.24, 2.45) is 5.10 Å². The van der Waals surface area contributed by atoms with Crippen LogP contribution in [-0.2, 0) is 9.59 Å². The quantitative estimate of drug-likeness (QED) is 0.483. The molecule has 0 aromatic heterocycles. The first-order valence-corrected chi connectivity index (χ1v) is 6.91. The van der Waals surface area contributed by atoms with E-state index < -0.39 is 11.8 Å². The molecule has 0 spiro atoms. The van der Waals surface area contributed by atoms with E-state index in [0.717, 1.165) is 0 Å². The number of ether oxygens (including phenoxy) is 2. The van der Waals surface area contributed by atoms with Gasteiger partial charge in [0.15, 0.2) is 0 Å². The van der Waals surface area contributed by atoms with Crippen molar-refractivity contribution in [2.75, 3.05) is 27.3 Å². The lowest BCUT2D eigenvalue weighted by atomic mass is 10.2. The molecule has 0 aliphatic carbocycles. The van der Waals surface area contributed by atoms with E-state index in [1.165, 1.54) is 18.2 Å². The lowest BCUT2D eigenvalue weighted by Gasteiger charge is -2.16. The van der Waals surface area contributed by atoms with Crippen LogP contribution in [0.1, 0.15) is 19.4 Å². The van der Waals surface area contributed by atoms with Crippen molar-refractivity contribution in [1.29, 1.82) is 0 Å². The number of amides is 2. The summed E-state index contributed by atoms with van der Waals surface area (Å²) in [7, 11) is 3.08. The van der Waals surface area contributed by atoms with Gasteiger partial charge in [-0.05, 0) is 32.0 Å². The summed E-state index contributed by atoms with van der Waals surface area (Å²) in [5, 5.41) is 3.79. The lowest BCUT2D eigenvalue weighted by molar-refractivity contribution is -0.145. The van der Waals surface area contributed by atoms with Gasteiger partial charge in [-0.25, -0.2) is 5.43 Å². The number of nitrogens with zero attached hydrogens (tertiary/aromatic N) is 2. The number of nitrogens with one attached hydrogen (secondary N) is 1. The average molecular weight is 307 g/mol. The van der Waals surface area contributed by atoms with Crippen LogP contribution in [0, 0.1) is 0 Å². The van der Waals surface area contributed by atoms with Gasteiger partial charge in [-0.2, -0.15) is 5.10 Å². The summed E-state index contributed by atoms with van der Waals surface area (Å²) in [5.74, 6) is -0.178. The maximum atomic E-state index is 11.8. The maximum Gasteiger partial charge on any atom is 0.329 e. The molecular formula is C15H21N3O4. The molecule has 0 aliphatic rings. The molecule has 7 nitrogen and oxygen atoms in total. The normalized spacial score (nSPS) is 10.4. The van der Waals surface area contributed by atoms with E-state index in [2.05, 4.69) is 10.5 Å². The minimum atomic E-state index is -0.776. The second kappa shape index (κ2) is 8.66. The van der Waals surface area contributed by atoms with Gasteiger partial charge in [0, 0.05) is 18.7 Å². The zero-order valence-electron chi connectivity index (χ0n) is 13.3. The maximum absolute atomic E-state index is 11.8. The molecule has 1 rings (SSSR count). The molecule has 1 N–H and O–H groups in total. The molecular weight excluding hydrogens is 286 g/mol. The fraction of sp³-hybridized carbons (Fsp3) is 0.400. The first-order chi connectivity index (χ1) is 10.6. The standard InChI is InChI=1S/C15H21N3O4/c1-5-18(6-2)15(20)14(19)17-16-10-11-9-12(21-3)7-8-13(11)22-4/h7-10H,5-6H2,1-4H3,(H,17,19)/b16-10-. The van der Waals surface area contributed by atoms with E-state index in [-0.39, 0.29) is 0 Å². The third kappa shape index (κ3) is 4.47. The number of hydrazone groups is 1. The Hall–Kier alpha value is -2.57. The number of carbonyl (C=O) groups excluding carboxylic acids is 2. The summed E-state index contributed by atoms with van der Waals surface area (Å²) in [6, 6.07) is 5.18. The van der Waals surface area contributed by atoms with Crippen molar-refractivity contribution in [3.63, 3.8) is 0 Å². The molecule has 0 aliphatic heterocycles. The minimum absolute atomic E-state index is 0.468. The molecule has 0 bridgehead atoms. The fourth-order valence-corrected chi connectivity index (χ4v) is 1.80. The van der Waals surface area contributed by atoms with Crippen molar-refractivity contribution < 1.29 is 19.1 Å². The third-order valence-corrected chi connectivity index (χ3v) is 3.05. The lowest BCUT2D eigenvalue weighted by Crippen LogP contribution is -2.41. The monoisotopic (exact) mass is 307 g/mol. The summed E-state index contributed by atoms with van der Waals surface area (Å²) in [6.07, 6.45) is 1.40. The van der Waals surface area contributed by atoms with Crippen LogP contribution in [0.15, 0.2) is 23.3 Å². The first-order valence-electron chi connectivity index (χ1n) is 6.91. The van der Waals surface area contributed by atoms with E-state index >= 15 is 0 Å². The van der Waals surface area contributed by atoms with Crippen molar-refractivity contribution in [2.45, 2.75) is 13.8 Å². The highest BCUT2D eigenvalue weighted by atomic mass is 16.5. The number of hydrogen-bond donors (Lipinski definition) is 1. The van der Waals surface area contributed by atoms with Crippen LogP contribution in [-0.4, -0.2) is 50.2 Å². The van der Waals surface area contributed by atoms with Gasteiger partial charge in [0.1, 0.15) is 11.5 Å². The molecule has 0 saturated heterocycles. The Balaban J connectivity index is 2.77. The smallest absolute Gasteiger partial charge is 0.329 e. The van der Waals surface area contributed by atoms with Crippen molar-refractivity contribution in [3.8, 4) is 11.5 Å². The molecule has 0 saturated carbocycles. The second-order valence-corrected chi connectivity index (χ2v) is 4.28. The zero-order valence-corrected chi connectivity index (χ0v) is 13.3. The van der Waals surface area contributed by atoms with Crippen molar-refractivity contribution in [3.05, 3.63) is 23.8 Å². The highest BCUT2D eigenvalue weighted by Gasteiger charge is 2.18. The van der Waals surface area contributed by atoms with Crippen LogP contribution < -0.4 is 14.9 Å².